The minimum Gasteiger partial charge on any atom is -0.467 e. The smallest absolute Gasteiger partial charge is 0.318 e. The Labute approximate surface area is 129 Å². The molecule has 5 nitrogen and oxygen atoms in total. The summed E-state index contributed by atoms with van der Waals surface area (Å²) < 4.78 is 5.08. The van der Waals surface area contributed by atoms with Crippen LogP contribution in [0.2, 0.25) is 5.02 Å². The largest absolute Gasteiger partial charge is 0.467 e. The van der Waals surface area contributed by atoms with Crippen LogP contribution in [0.5, 0.6) is 6.01 Å². The minimum absolute atomic E-state index is 0.306. The van der Waals surface area contributed by atoms with Gasteiger partial charge in [0.15, 0.2) is 5.82 Å². The molecule has 6 heteroatoms. The van der Waals surface area contributed by atoms with Gasteiger partial charge in [-0.15, -0.1) is 0 Å². The first-order valence-corrected chi connectivity index (χ1v) is 7.18. The Morgan fingerprint density at radius 1 is 1.29 bits per heavy atom. The number of nitrogens with zero attached hydrogens (tertiary/aromatic N) is 3. The lowest BCUT2D eigenvalue weighted by Crippen LogP contribution is -2.27. The number of hydrogen-bond acceptors (Lipinski definition) is 5. The monoisotopic (exact) mass is 306 g/mol. The first-order valence-electron chi connectivity index (χ1n) is 6.80. The fourth-order valence-corrected chi connectivity index (χ4v) is 2.22. The summed E-state index contributed by atoms with van der Waals surface area (Å²) in [6.07, 6.45) is 2.42. The summed E-state index contributed by atoms with van der Waals surface area (Å²) in [7, 11) is 1.54. The molecule has 0 fully saturated rings. The fraction of sp³-hybridized carbons (Fsp3) is 0.333. The second kappa shape index (κ2) is 7.81. The number of benzene rings is 1. The van der Waals surface area contributed by atoms with Crippen molar-refractivity contribution in [2.45, 2.75) is 13.0 Å². The van der Waals surface area contributed by atoms with Crippen molar-refractivity contribution in [3.63, 3.8) is 0 Å². The van der Waals surface area contributed by atoms with Gasteiger partial charge in [-0.25, -0.2) is 4.98 Å². The lowest BCUT2D eigenvalue weighted by molar-refractivity contribution is 0.379. The first kappa shape index (κ1) is 15.5. The van der Waals surface area contributed by atoms with E-state index in [0.717, 1.165) is 13.0 Å². The van der Waals surface area contributed by atoms with Crippen molar-refractivity contribution in [2.24, 2.45) is 5.73 Å². The molecule has 0 aliphatic heterocycles. The molecule has 1 aromatic heterocycles. The third-order valence-corrected chi connectivity index (χ3v) is 3.30. The van der Waals surface area contributed by atoms with E-state index in [1.54, 1.807) is 6.20 Å². The number of anilines is 1. The zero-order chi connectivity index (χ0) is 15.1. The highest BCUT2D eigenvalue weighted by molar-refractivity contribution is 6.32. The zero-order valence-corrected chi connectivity index (χ0v) is 12.8. The molecule has 21 heavy (non-hydrogen) atoms. The van der Waals surface area contributed by atoms with Crippen molar-refractivity contribution in [3.05, 3.63) is 47.1 Å². The Morgan fingerprint density at radius 2 is 2.05 bits per heavy atom. The number of methoxy groups -OCH3 is 1. The first-order chi connectivity index (χ1) is 10.2. The number of ether oxygens (including phenoxy) is 1. The average Bonchev–Trinajstić information content (AvgIpc) is 2.53. The van der Waals surface area contributed by atoms with Gasteiger partial charge < -0.3 is 15.4 Å². The lowest BCUT2D eigenvalue weighted by Gasteiger charge is -2.24. The molecular formula is C15H19ClN4O. The highest BCUT2D eigenvalue weighted by atomic mass is 35.5. The third kappa shape index (κ3) is 4.31. The predicted molar refractivity (Wildman–Crippen MR) is 84.8 cm³/mol. The van der Waals surface area contributed by atoms with Crippen molar-refractivity contribution in [1.29, 1.82) is 0 Å². The Morgan fingerprint density at radius 3 is 2.71 bits per heavy atom. The SMILES string of the molecule is COc1ncc(Cl)c(N(CCCN)Cc2ccccc2)n1. The minimum atomic E-state index is 0.306. The maximum atomic E-state index is 6.24. The predicted octanol–water partition coefficient (Wildman–Crippen LogP) is 2.49. The van der Waals surface area contributed by atoms with Crippen molar-refractivity contribution < 1.29 is 4.74 Å². The average molecular weight is 307 g/mol. The van der Waals surface area contributed by atoms with E-state index in [2.05, 4.69) is 27.0 Å². The number of hydrogen-bond donors (Lipinski definition) is 1. The van der Waals surface area contributed by atoms with Gasteiger partial charge in [-0.2, -0.15) is 4.98 Å². The van der Waals surface area contributed by atoms with Gasteiger partial charge in [-0.05, 0) is 18.5 Å². The number of rotatable bonds is 7. The molecule has 2 aromatic rings. The van der Waals surface area contributed by atoms with Crippen LogP contribution >= 0.6 is 11.6 Å². The Kier molecular flexibility index (Phi) is 5.78. The molecule has 2 rings (SSSR count). The summed E-state index contributed by atoms with van der Waals surface area (Å²) in [5.41, 5.74) is 6.81. The van der Waals surface area contributed by atoms with Gasteiger partial charge in [0.25, 0.3) is 0 Å². The molecule has 0 saturated heterocycles. The van der Waals surface area contributed by atoms with E-state index < -0.39 is 0 Å². The number of halogens is 1. The third-order valence-electron chi connectivity index (χ3n) is 3.03. The second-order valence-corrected chi connectivity index (χ2v) is 4.98. The van der Waals surface area contributed by atoms with Gasteiger partial charge in [0.05, 0.1) is 13.3 Å². The molecule has 1 heterocycles. The summed E-state index contributed by atoms with van der Waals surface area (Å²) in [5, 5.41) is 0.503. The van der Waals surface area contributed by atoms with Gasteiger partial charge in [0.1, 0.15) is 5.02 Å². The van der Waals surface area contributed by atoms with E-state index in [4.69, 9.17) is 22.1 Å². The van der Waals surface area contributed by atoms with Crippen LogP contribution in [0.4, 0.5) is 5.82 Å². The van der Waals surface area contributed by atoms with E-state index in [0.29, 0.717) is 29.9 Å². The van der Waals surface area contributed by atoms with Crippen molar-refractivity contribution in [2.75, 3.05) is 25.1 Å². The maximum absolute atomic E-state index is 6.24. The van der Waals surface area contributed by atoms with Gasteiger partial charge in [-0.3, -0.25) is 0 Å². The number of nitrogens with two attached hydrogens (primary N) is 1. The molecule has 0 amide bonds. The fourth-order valence-electron chi connectivity index (χ4n) is 2.01. The molecule has 0 unspecified atom stereocenters. The van der Waals surface area contributed by atoms with Crippen LogP contribution in [-0.2, 0) is 6.54 Å². The van der Waals surface area contributed by atoms with Crippen molar-refractivity contribution in [1.82, 2.24) is 9.97 Å². The molecule has 1 aromatic carbocycles. The Balaban J connectivity index is 2.26. The summed E-state index contributed by atoms with van der Waals surface area (Å²) in [6, 6.07) is 10.5. The van der Waals surface area contributed by atoms with Crippen LogP contribution in [0.1, 0.15) is 12.0 Å². The van der Waals surface area contributed by atoms with Gasteiger partial charge in [0, 0.05) is 13.1 Å². The molecule has 0 radical (unpaired) electrons. The van der Waals surface area contributed by atoms with Crippen LogP contribution in [0, 0.1) is 0 Å². The zero-order valence-electron chi connectivity index (χ0n) is 12.0. The molecule has 0 bridgehead atoms. The highest BCUT2D eigenvalue weighted by Crippen LogP contribution is 2.26. The standard InChI is InChI=1S/C15H19ClN4O/c1-21-15-18-10-13(16)14(19-15)20(9-5-8-17)11-12-6-3-2-4-7-12/h2-4,6-7,10H,5,8-9,11,17H2,1H3. The molecule has 0 aliphatic carbocycles. The molecule has 2 N–H and O–H groups in total. The Bertz CT molecular complexity index is 565. The molecular weight excluding hydrogens is 288 g/mol. The number of aromatic nitrogens is 2. The van der Waals surface area contributed by atoms with Gasteiger partial charge in [-0.1, -0.05) is 41.9 Å². The van der Waals surface area contributed by atoms with Crippen LogP contribution in [0.3, 0.4) is 0 Å². The van der Waals surface area contributed by atoms with Crippen LogP contribution in [0.25, 0.3) is 0 Å². The van der Waals surface area contributed by atoms with E-state index in [-0.39, 0.29) is 0 Å². The van der Waals surface area contributed by atoms with Gasteiger partial charge in [0.2, 0.25) is 0 Å². The molecule has 0 atom stereocenters. The van der Waals surface area contributed by atoms with E-state index in [9.17, 15) is 0 Å². The van der Waals surface area contributed by atoms with E-state index in [1.165, 1.54) is 12.7 Å². The quantitative estimate of drug-likeness (QED) is 0.851. The van der Waals surface area contributed by atoms with Crippen molar-refractivity contribution >= 4 is 17.4 Å². The second-order valence-electron chi connectivity index (χ2n) is 4.58. The Hall–Kier alpha value is -1.85. The molecule has 112 valence electrons. The van der Waals surface area contributed by atoms with E-state index >= 15 is 0 Å². The molecule has 0 spiro atoms. The summed E-state index contributed by atoms with van der Waals surface area (Å²) >= 11 is 6.24. The molecule has 0 aliphatic rings. The van der Waals surface area contributed by atoms with Crippen LogP contribution in [-0.4, -0.2) is 30.2 Å². The van der Waals surface area contributed by atoms with Crippen LogP contribution < -0.4 is 15.4 Å². The summed E-state index contributed by atoms with van der Waals surface area (Å²) in [6.45, 7) is 2.09. The van der Waals surface area contributed by atoms with E-state index in [1.807, 2.05) is 18.2 Å². The lowest BCUT2D eigenvalue weighted by atomic mass is 10.2. The topological polar surface area (TPSA) is 64.3 Å². The van der Waals surface area contributed by atoms with Crippen molar-refractivity contribution in [3.8, 4) is 6.01 Å². The summed E-state index contributed by atoms with van der Waals surface area (Å²) in [4.78, 5) is 10.5. The van der Waals surface area contributed by atoms with Crippen LogP contribution in [0.15, 0.2) is 36.5 Å². The van der Waals surface area contributed by atoms with Gasteiger partial charge >= 0.3 is 6.01 Å². The summed E-state index contributed by atoms with van der Waals surface area (Å²) in [5.74, 6) is 0.667. The normalized spacial score (nSPS) is 10.4. The molecule has 0 saturated carbocycles. The maximum Gasteiger partial charge on any atom is 0.318 e. The highest BCUT2D eigenvalue weighted by Gasteiger charge is 2.14.